The highest BCUT2D eigenvalue weighted by atomic mass is 19.4. The van der Waals surface area contributed by atoms with E-state index in [2.05, 4.69) is 15.3 Å². The van der Waals surface area contributed by atoms with Crippen molar-refractivity contribution in [2.45, 2.75) is 12.3 Å². The first-order valence-corrected chi connectivity index (χ1v) is 12.6. The van der Waals surface area contributed by atoms with Crippen molar-refractivity contribution >= 4 is 29.2 Å². The number of fused-ring (bicyclic) bond motifs is 1. The summed E-state index contributed by atoms with van der Waals surface area (Å²) in [5, 5.41) is 12.2. The summed E-state index contributed by atoms with van der Waals surface area (Å²) < 4.78 is 51.7. The van der Waals surface area contributed by atoms with Gasteiger partial charge in [-0.2, -0.15) is 13.2 Å². The van der Waals surface area contributed by atoms with E-state index in [1.54, 1.807) is 11.9 Å². The molecule has 2 aliphatic heterocycles. The molecule has 5 rings (SSSR count). The number of anilines is 4. The fourth-order valence-electron chi connectivity index (χ4n) is 4.63. The number of nitrogens with zero attached hydrogens (tertiary/aromatic N) is 7. The van der Waals surface area contributed by atoms with Crippen molar-refractivity contribution in [3.05, 3.63) is 41.7 Å². The van der Waals surface area contributed by atoms with Crippen LogP contribution in [0.3, 0.4) is 0 Å². The number of halogens is 3. The van der Waals surface area contributed by atoms with E-state index < -0.39 is 17.6 Å². The molecule has 1 unspecified atom stereocenters. The van der Waals surface area contributed by atoms with Crippen molar-refractivity contribution in [2.24, 2.45) is 0 Å². The third kappa shape index (κ3) is 5.60. The molecule has 1 amide bonds. The predicted octanol–water partition coefficient (Wildman–Crippen LogP) is 2.24. The summed E-state index contributed by atoms with van der Waals surface area (Å²) in [5.74, 6) is 0.961. The lowest BCUT2D eigenvalue weighted by Crippen LogP contribution is -2.43. The van der Waals surface area contributed by atoms with Crippen LogP contribution in [0, 0.1) is 0 Å². The summed E-state index contributed by atoms with van der Waals surface area (Å²) >= 11 is 0. The largest absolute Gasteiger partial charge is 0.496 e. The van der Waals surface area contributed by atoms with Gasteiger partial charge in [0.2, 0.25) is 5.95 Å². The minimum atomic E-state index is -4.55. The Bertz CT molecular complexity index is 1420. The van der Waals surface area contributed by atoms with Gasteiger partial charge in [-0.05, 0) is 18.2 Å². The zero-order valence-corrected chi connectivity index (χ0v) is 22.4. The lowest BCUT2D eigenvalue weighted by Gasteiger charge is -2.29. The number of alkyl halides is 3. The maximum absolute atomic E-state index is 13.6. The van der Waals surface area contributed by atoms with Gasteiger partial charge in [0.15, 0.2) is 17.5 Å². The number of aromatic nitrogens is 4. The Morgan fingerprint density at radius 3 is 2.54 bits per heavy atom. The number of hydroxylamine groups is 1. The van der Waals surface area contributed by atoms with Crippen LogP contribution in [-0.4, -0.2) is 91.3 Å². The number of ether oxygens (including phenoxy) is 2. The van der Waals surface area contributed by atoms with Crippen LogP contribution >= 0.6 is 0 Å². The molecule has 4 heterocycles. The third-order valence-corrected chi connectivity index (χ3v) is 6.85. The molecule has 41 heavy (non-hydrogen) atoms. The van der Waals surface area contributed by atoms with Crippen molar-refractivity contribution in [3.8, 4) is 17.1 Å². The predicted molar refractivity (Wildman–Crippen MR) is 142 cm³/mol. The number of benzene rings is 1. The SMILES string of the molecule is COc1ccc(C(F)(F)F)cc1-c1nc(N2CCOCC2)c2c(n1)N(C)C(CN(C)c1ncc(C(=O)NO)cn1)N2. The van der Waals surface area contributed by atoms with E-state index in [4.69, 9.17) is 24.6 Å². The number of likely N-dealkylation sites (N-methyl/N-ethyl adjacent to an activating group) is 2. The van der Waals surface area contributed by atoms with Crippen LogP contribution in [0.2, 0.25) is 0 Å². The zero-order valence-electron chi connectivity index (χ0n) is 22.4. The summed E-state index contributed by atoms with van der Waals surface area (Å²) in [6.07, 6.45) is -2.31. The molecule has 2 aromatic heterocycles. The lowest BCUT2D eigenvalue weighted by molar-refractivity contribution is -0.137. The van der Waals surface area contributed by atoms with Crippen LogP contribution in [0.15, 0.2) is 30.6 Å². The van der Waals surface area contributed by atoms with Crippen LogP contribution in [0.4, 0.5) is 36.4 Å². The first kappa shape index (κ1) is 28.1. The number of carbonyl (C=O) groups excluding carboxylic acids is 1. The average Bonchev–Trinajstić information content (AvgIpc) is 3.30. The van der Waals surface area contributed by atoms with Crippen molar-refractivity contribution in [2.75, 3.05) is 74.1 Å². The summed E-state index contributed by atoms with van der Waals surface area (Å²) in [4.78, 5) is 35.0. The molecule has 16 heteroatoms. The molecule has 218 valence electrons. The van der Waals surface area contributed by atoms with Gasteiger partial charge in [0, 0.05) is 39.6 Å². The van der Waals surface area contributed by atoms with Gasteiger partial charge in [-0.15, -0.1) is 0 Å². The summed E-state index contributed by atoms with van der Waals surface area (Å²) in [7, 11) is 4.97. The molecule has 3 N–H and O–H groups in total. The van der Waals surface area contributed by atoms with Gasteiger partial charge in [-0.3, -0.25) is 10.0 Å². The maximum Gasteiger partial charge on any atom is 0.416 e. The highest BCUT2D eigenvalue weighted by Gasteiger charge is 2.36. The second-order valence-electron chi connectivity index (χ2n) is 9.45. The topological polar surface area (TPSA) is 141 Å². The fourth-order valence-corrected chi connectivity index (χ4v) is 4.63. The second-order valence-corrected chi connectivity index (χ2v) is 9.45. The summed E-state index contributed by atoms with van der Waals surface area (Å²) in [6, 6.07) is 3.22. The van der Waals surface area contributed by atoms with E-state index in [0.717, 1.165) is 12.1 Å². The standard InChI is InChI=1S/C25H28F3N9O4/c1-35(24-29-11-14(12-30-24)23(38)34-39)13-18-31-19-21(36(18)2)32-20(33-22(19)37-6-8-41-9-7-37)16-10-15(25(26,27)28)4-5-17(16)40-3/h4-5,10-12,18,31,39H,6-9,13H2,1-3H3,(H,34,38). The van der Waals surface area contributed by atoms with Gasteiger partial charge in [-0.1, -0.05) is 0 Å². The summed E-state index contributed by atoms with van der Waals surface area (Å²) in [5.41, 5.74) is 1.55. The van der Waals surface area contributed by atoms with E-state index in [-0.39, 0.29) is 28.9 Å². The van der Waals surface area contributed by atoms with Crippen molar-refractivity contribution in [1.82, 2.24) is 25.4 Å². The Labute approximate surface area is 232 Å². The first-order chi connectivity index (χ1) is 19.6. The quantitative estimate of drug-likeness (QED) is 0.281. The number of hydrogen-bond donors (Lipinski definition) is 3. The van der Waals surface area contributed by atoms with Crippen LogP contribution < -0.4 is 30.2 Å². The molecule has 1 atom stereocenters. The fraction of sp³-hybridized carbons (Fsp3) is 0.400. The minimum absolute atomic E-state index is 0.0936. The second kappa shape index (κ2) is 11.2. The van der Waals surface area contributed by atoms with Crippen molar-refractivity contribution < 1.29 is 32.6 Å². The van der Waals surface area contributed by atoms with E-state index >= 15 is 0 Å². The highest BCUT2D eigenvalue weighted by molar-refractivity contribution is 5.92. The van der Waals surface area contributed by atoms with Gasteiger partial charge in [0.1, 0.15) is 17.6 Å². The zero-order chi connectivity index (χ0) is 29.3. The van der Waals surface area contributed by atoms with E-state index in [9.17, 15) is 18.0 Å². The van der Waals surface area contributed by atoms with Crippen LogP contribution in [0.25, 0.3) is 11.4 Å². The Balaban J connectivity index is 1.50. The maximum atomic E-state index is 13.6. The minimum Gasteiger partial charge on any atom is -0.496 e. The molecule has 0 spiro atoms. The van der Waals surface area contributed by atoms with Gasteiger partial charge in [-0.25, -0.2) is 25.4 Å². The molecular weight excluding hydrogens is 547 g/mol. The number of nitrogens with one attached hydrogen (secondary N) is 2. The van der Waals surface area contributed by atoms with Crippen LogP contribution in [-0.2, 0) is 10.9 Å². The Morgan fingerprint density at radius 2 is 1.90 bits per heavy atom. The molecule has 13 nitrogen and oxygen atoms in total. The summed E-state index contributed by atoms with van der Waals surface area (Å²) in [6.45, 7) is 2.40. The Kier molecular flexibility index (Phi) is 7.68. The van der Waals surface area contributed by atoms with Crippen molar-refractivity contribution in [3.63, 3.8) is 0 Å². The molecule has 2 aliphatic rings. The molecule has 0 bridgehead atoms. The number of rotatable bonds is 7. The van der Waals surface area contributed by atoms with E-state index in [1.165, 1.54) is 31.0 Å². The molecule has 0 saturated carbocycles. The molecule has 0 radical (unpaired) electrons. The lowest BCUT2D eigenvalue weighted by atomic mass is 10.1. The molecule has 0 aliphatic carbocycles. The van der Waals surface area contributed by atoms with E-state index in [1.807, 2.05) is 16.8 Å². The Hall–Kier alpha value is -4.44. The number of carbonyl (C=O) groups is 1. The van der Waals surface area contributed by atoms with Crippen molar-refractivity contribution in [1.29, 1.82) is 0 Å². The smallest absolute Gasteiger partial charge is 0.416 e. The van der Waals surface area contributed by atoms with Crippen LogP contribution in [0.5, 0.6) is 5.75 Å². The van der Waals surface area contributed by atoms with Crippen LogP contribution in [0.1, 0.15) is 15.9 Å². The monoisotopic (exact) mass is 575 g/mol. The number of amides is 1. The Morgan fingerprint density at radius 1 is 1.22 bits per heavy atom. The molecule has 1 aromatic carbocycles. The number of methoxy groups -OCH3 is 1. The van der Waals surface area contributed by atoms with Gasteiger partial charge < -0.3 is 29.5 Å². The number of morpholine rings is 1. The molecule has 3 aromatic rings. The van der Waals surface area contributed by atoms with E-state index in [0.29, 0.717) is 56.1 Å². The highest BCUT2D eigenvalue weighted by Crippen LogP contribution is 2.43. The third-order valence-electron chi connectivity index (χ3n) is 6.85. The average molecular weight is 576 g/mol. The van der Waals surface area contributed by atoms with Gasteiger partial charge in [0.25, 0.3) is 5.91 Å². The van der Waals surface area contributed by atoms with Gasteiger partial charge in [0.05, 0.1) is 43.6 Å². The van der Waals surface area contributed by atoms with Gasteiger partial charge >= 0.3 is 6.18 Å². The molecule has 1 saturated heterocycles. The first-order valence-electron chi connectivity index (χ1n) is 12.6. The normalized spacial score (nSPS) is 16.7. The molecule has 1 fully saturated rings. The number of hydrogen-bond acceptors (Lipinski definition) is 12. The molecular formula is C25H28F3N9O4.